The lowest BCUT2D eigenvalue weighted by Gasteiger charge is -2.30. The van der Waals surface area contributed by atoms with Gasteiger partial charge in [0.2, 0.25) is 0 Å². The number of hydrogen-bond acceptors (Lipinski definition) is 0. The zero-order chi connectivity index (χ0) is 28.9. The molecule has 8 rings (SSSR count). The molecule has 2 atom stereocenters. The minimum Gasteiger partial charge on any atom is -0.0988 e. The third-order valence-corrected chi connectivity index (χ3v) is 10.1. The Hall–Kier alpha value is -4.68. The standard InChI is InChI=1S/C43H36/c1-3-30-17-19-35-25-33(13-5-4-10-29-16-22-39(30)41(35)24-29)34-21-23-38-28(2)37-14-8-9-15-40(37)43(42(38)27-34)36-20-18-31-11-6-7-12-32(31)26-36/h3-16,18,21-25,27,32,36H,1,17,19-20,26H2,2H3. The van der Waals surface area contributed by atoms with Crippen LogP contribution in [0.1, 0.15) is 41.9 Å². The van der Waals surface area contributed by atoms with E-state index >= 15 is 0 Å². The van der Waals surface area contributed by atoms with Crippen LogP contribution in [-0.4, -0.2) is 0 Å². The summed E-state index contributed by atoms with van der Waals surface area (Å²) in [5, 5.41) is 9.50. The van der Waals surface area contributed by atoms with Gasteiger partial charge in [-0.1, -0.05) is 122 Å². The second-order valence-corrected chi connectivity index (χ2v) is 12.4. The molecule has 208 valence electrons. The third-order valence-electron chi connectivity index (χ3n) is 10.1. The van der Waals surface area contributed by atoms with Gasteiger partial charge in [0.25, 0.3) is 0 Å². The molecular weight excluding hydrogens is 516 g/mol. The lowest BCUT2D eigenvalue weighted by atomic mass is 9.74. The first kappa shape index (κ1) is 26.0. The van der Waals surface area contributed by atoms with Gasteiger partial charge in [0, 0.05) is 5.92 Å². The number of hydrogen-bond donors (Lipinski definition) is 0. The fraction of sp³-hybridized carbons (Fsp3) is 0.163. The van der Waals surface area contributed by atoms with Crippen molar-refractivity contribution in [3.05, 3.63) is 162 Å². The summed E-state index contributed by atoms with van der Waals surface area (Å²) in [5.41, 5.74) is 9.69. The number of allylic oxidation sites excluding steroid dienone is 7. The Balaban J connectivity index is 1.38. The summed E-state index contributed by atoms with van der Waals surface area (Å²) < 4.78 is 0. The molecule has 43 heavy (non-hydrogen) atoms. The minimum absolute atomic E-state index is 0.482. The van der Waals surface area contributed by atoms with Crippen molar-refractivity contribution in [2.24, 2.45) is 5.92 Å². The molecule has 3 aliphatic rings. The van der Waals surface area contributed by atoms with Crippen molar-refractivity contribution >= 4 is 37.9 Å². The molecule has 0 amide bonds. The maximum absolute atomic E-state index is 4.12. The Kier molecular flexibility index (Phi) is 6.37. The molecular formula is C43H36. The predicted octanol–water partition coefficient (Wildman–Crippen LogP) is 10.8. The first-order valence-electron chi connectivity index (χ1n) is 15.7. The highest BCUT2D eigenvalue weighted by Crippen LogP contribution is 2.45. The average Bonchev–Trinajstić information content (AvgIpc) is 3.06. The molecule has 2 unspecified atom stereocenters. The Morgan fingerprint density at radius 3 is 2.44 bits per heavy atom. The number of aryl methyl sites for hydroxylation is 2. The van der Waals surface area contributed by atoms with E-state index in [1.807, 2.05) is 6.08 Å². The van der Waals surface area contributed by atoms with E-state index in [9.17, 15) is 0 Å². The second-order valence-electron chi connectivity index (χ2n) is 12.4. The molecule has 0 saturated heterocycles. The van der Waals surface area contributed by atoms with Crippen molar-refractivity contribution in [2.45, 2.75) is 38.5 Å². The number of rotatable bonds is 3. The third kappa shape index (κ3) is 4.45. The van der Waals surface area contributed by atoms with E-state index in [1.54, 1.807) is 0 Å². The lowest BCUT2D eigenvalue weighted by molar-refractivity contribution is 0.536. The maximum atomic E-state index is 4.12. The largest absolute Gasteiger partial charge is 0.0988 e. The van der Waals surface area contributed by atoms with Crippen LogP contribution in [0, 0.1) is 12.8 Å². The summed E-state index contributed by atoms with van der Waals surface area (Å²) >= 11 is 0. The summed E-state index contributed by atoms with van der Waals surface area (Å²) in [6.45, 7) is 6.42. The molecule has 3 aliphatic carbocycles. The van der Waals surface area contributed by atoms with Crippen molar-refractivity contribution in [1.82, 2.24) is 0 Å². The molecule has 0 nitrogen and oxygen atoms in total. The first-order valence-corrected chi connectivity index (χ1v) is 15.7. The van der Waals surface area contributed by atoms with Crippen molar-refractivity contribution in [1.29, 1.82) is 0 Å². The van der Waals surface area contributed by atoms with Crippen LogP contribution in [-0.2, 0) is 6.42 Å². The van der Waals surface area contributed by atoms with Gasteiger partial charge >= 0.3 is 0 Å². The topological polar surface area (TPSA) is 0 Å². The van der Waals surface area contributed by atoms with Gasteiger partial charge in [0.05, 0.1) is 0 Å². The molecule has 5 aromatic carbocycles. The predicted molar refractivity (Wildman–Crippen MR) is 186 cm³/mol. The van der Waals surface area contributed by atoms with Crippen LogP contribution in [0.25, 0.3) is 49.0 Å². The van der Waals surface area contributed by atoms with Crippen LogP contribution in [0.2, 0.25) is 0 Å². The van der Waals surface area contributed by atoms with Gasteiger partial charge in [-0.15, -0.1) is 0 Å². The van der Waals surface area contributed by atoms with Crippen LogP contribution in [0.4, 0.5) is 0 Å². The van der Waals surface area contributed by atoms with E-state index in [0.717, 1.165) is 25.7 Å². The highest BCUT2D eigenvalue weighted by molar-refractivity contribution is 6.07. The van der Waals surface area contributed by atoms with Gasteiger partial charge in [-0.3, -0.25) is 0 Å². The average molecular weight is 553 g/mol. The van der Waals surface area contributed by atoms with Crippen LogP contribution in [0.15, 0.2) is 140 Å². The Labute approximate surface area is 254 Å². The minimum atomic E-state index is 0.482. The maximum Gasteiger partial charge on any atom is 0.00238 e. The van der Waals surface area contributed by atoms with Gasteiger partial charge in [0.15, 0.2) is 0 Å². The molecule has 0 N–H and O–H groups in total. The van der Waals surface area contributed by atoms with Gasteiger partial charge < -0.3 is 0 Å². The highest BCUT2D eigenvalue weighted by atomic mass is 14.3. The monoisotopic (exact) mass is 552 g/mol. The molecule has 2 bridgehead atoms. The second kappa shape index (κ2) is 10.5. The molecule has 0 radical (unpaired) electrons. The van der Waals surface area contributed by atoms with Crippen molar-refractivity contribution in [3.8, 4) is 11.1 Å². The van der Waals surface area contributed by atoms with Crippen molar-refractivity contribution in [2.75, 3.05) is 0 Å². The van der Waals surface area contributed by atoms with Crippen LogP contribution in [0.5, 0.6) is 0 Å². The molecule has 0 fully saturated rings. The molecule has 0 aliphatic heterocycles. The van der Waals surface area contributed by atoms with Gasteiger partial charge in [-0.05, 0) is 127 Å². The summed E-state index contributed by atoms with van der Waals surface area (Å²) in [4.78, 5) is 0. The van der Waals surface area contributed by atoms with E-state index in [0.29, 0.717) is 11.8 Å². The number of benzene rings is 4. The Bertz CT molecular complexity index is 2170. The van der Waals surface area contributed by atoms with Crippen LogP contribution >= 0.6 is 0 Å². The molecule has 0 aromatic heterocycles. The van der Waals surface area contributed by atoms with Gasteiger partial charge in [-0.25, -0.2) is 0 Å². The number of fused-ring (bicyclic) bond motifs is 4. The van der Waals surface area contributed by atoms with Crippen molar-refractivity contribution in [3.63, 3.8) is 0 Å². The SMILES string of the molecule is C=CC1=c2ccc3ccccc(-c4ccc5c(C)c6ccccc6c(C6CC=C7C=CC=CC7C6)c5c4)cc(c2c3)CC1. The smallest absolute Gasteiger partial charge is 0.00238 e. The Morgan fingerprint density at radius 2 is 1.53 bits per heavy atom. The summed E-state index contributed by atoms with van der Waals surface area (Å²) in [5.74, 6) is 0.984. The van der Waals surface area contributed by atoms with Crippen LogP contribution < -0.4 is 5.22 Å². The first-order chi connectivity index (χ1) is 21.2. The Morgan fingerprint density at radius 1 is 0.721 bits per heavy atom. The fourth-order valence-corrected chi connectivity index (χ4v) is 7.85. The van der Waals surface area contributed by atoms with E-state index in [-0.39, 0.29) is 0 Å². The molecule has 0 saturated carbocycles. The summed E-state index contributed by atoms with van der Waals surface area (Å²) in [6.07, 6.45) is 17.9. The van der Waals surface area contributed by atoms with Gasteiger partial charge in [0.1, 0.15) is 0 Å². The molecule has 5 aromatic rings. The summed E-state index contributed by atoms with van der Waals surface area (Å²) in [7, 11) is 0. The quantitative estimate of drug-likeness (QED) is 0.195. The zero-order valence-electron chi connectivity index (χ0n) is 24.8. The molecule has 0 heteroatoms. The molecule has 0 heterocycles. The van der Waals surface area contributed by atoms with Gasteiger partial charge in [-0.2, -0.15) is 0 Å². The van der Waals surface area contributed by atoms with E-state index < -0.39 is 0 Å². The van der Waals surface area contributed by atoms with E-state index in [1.165, 1.54) is 76.5 Å². The summed E-state index contributed by atoms with van der Waals surface area (Å²) in [6, 6.07) is 34.5. The van der Waals surface area contributed by atoms with E-state index in [4.69, 9.17) is 0 Å². The highest BCUT2D eigenvalue weighted by Gasteiger charge is 2.27. The van der Waals surface area contributed by atoms with Crippen molar-refractivity contribution < 1.29 is 0 Å². The van der Waals surface area contributed by atoms with Crippen LogP contribution in [0.3, 0.4) is 0 Å². The normalized spacial score (nSPS) is 18.9. The fourth-order valence-electron chi connectivity index (χ4n) is 7.85. The van der Waals surface area contributed by atoms with E-state index in [2.05, 4.69) is 135 Å². The molecule has 0 spiro atoms. The lowest BCUT2D eigenvalue weighted by Crippen LogP contribution is -2.14. The zero-order valence-corrected chi connectivity index (χ0v) is 24.8.